The molecule has 1 saturated heterocycles. The summed E-state index contributed by atoms with van der Waals surface area (Å²) < 4.78 is 0. The van der Waals surface area contributed by atoms with E-state index in [4.69, 9.17) is 34.8 Å². The van der Waals surface area contributed by atoms with Crippen LogP contribution in [0.25, 0.3) is 0 Å². The molecule has 0 atom stereocenters. The molecular weight excluding hydrogens is 535 g/mol. The molecule has 2 aliphatic rings. The first kappa shape index (κ1) is 25.1. The standard InChI is InChI=1S/C27H21Cl3N4O3/c28-17-13-18(29)15-22(14-17)34-26(36)23(30)24(27(34)37)31-20-5-3-4-16(12-20)25(35)32-19-6-8-21(9-7-19)33-10-1-2-11-33/h3-9,12-15,31H,1-2,10-11H2,(H,32,35). The summed E-state index contributed by atoms with van der Waals surface area (Å²) in [5, 5.41) is 6.02. The Balaban J connectivity index is 1.30. The summed E-state index contributed by atoms with van der Waals surface area (Å²) in [6.45, 7) is 2.09. The first-order valence-electron chi connectivity index (χ1n) is 11.6. The molecule has 188 valence electrons. The van der Waals surface area contributed by atoms with E-state index in [0.717, 1.165) is 23.7 Å². The van der Waals surface area contributed by atoms with Crippen molar-refractivity contribution >= 4 is 75.3 Å². The van der Waals surface area contributed by atoms with Gasteiger partial charge >= 0.3 is 0 Å². The number of benzene rings is 3. The fraction of sp³-hybridized carbons (Fsp3) is 0.148. The lowest BCUT2D eigenvalue weighted by molar-refractivity contribution is -0.120. The van der Waals surface area contributed by atoms with Crippen LogP contribution in [0, 0.1) is 0 Å². The maximum Gasteiger partial charge on any atom is 0.283 e. The molecule has 0 aliphatic carbocycles. The second-order valence-corrected chi connectivity index (χ2v) is 9.91. The zero-order chi connectivity index (χ0) is 26.1. The molecule has 0 spiro atoms. The van der Waals surface area contributed by atoms with Crippen molar-refractivity contribution in [3.05, 3.63) is 93.1 Å². The molecule has 3 aromatic carbocycles. The minimum Gasteiger partial charge on any atom is -0.372 e. The van der Waals surface area contributed by atoms with Gasteiger partial charge in [-0.2, -0.15) is 0 Å². The molecule has 2 heterocycles. The van der Waals surface area contributed by atoms with Crippen molar-refractivity contribution in [3.63, 3.8) is 0 Å². The van der Waals surface area contributed by atoms with Gasteiger partial charge in [0.05, 0.1) is 5.69 Å². The monoisotopic (exact) mass is 554 g/mol. The van der Waals surface area contributed by atoms with Crippen LogP contribution in [0.4, 0.5) is 22.7 Å². The average Bonchev–Trinajstić information content (AvgIpc) is 3.48. The molecular formula is C27H21Cl3N4O3. The van der Waals surface area contributed by atoms with Gasteiger partial charge in [0.15, 0.2) is 0 Å². The van der Waals surface area contributed by atoms with E-state index in [9.17, 15) is 14.4 Å². The third-order valence-electron chi connectivity index (χ3n) is 6.12. The third kappa shape index (κ3) is 5.30. The van der Waals surface area contributed by atoms with Crippen molar-refractivity contribution in [3.8, 4) is 0 Å². The normalized spacial score (nSPS) is 15.5. The molecule has 7 nitrogen and oxygen atoms in total. The van der Waals surface area contributed by atoms with Gasteiger partial charge in [-0.3, -0.25) is 14.4 Å². The number of anilines is 4. The number of halogens is 3. The third-order valence-corrected chi connectivity index (χ3v) is 6.91. The van der Waals surface area contributed by atoms with Crippen molar-refractivity contribution in [2.45, 2.75) is 12.8 Å². The smallest absolute Gasteiger partial charge is 0.283 e. The molecule has 3 aromatic rings. The summed E-state index contributed by atoms with van der Waals surface area (Å²) >= 11 is 18.3. The Kier molecular flexibility index (Phi) is 7.11. The van der Waals surface area contributed by atoms with Crippen molar-refractivity contribution in [2.24, 2.45) is 0 Å². The summed E-state index contributed by atoms with van der Waals surface area (Å²) in [5.41, 5.74) is 2.67. The van der Waals surface area contributed by atoms with Crippen molar-refractivity contribution in [1.82, 2.24) is 0 Å². The maximum absolute atomic E-state index is 13.1. The fourth-order valence-electron chi connectivity index (χ4n) is 4.33. The van der Waals surface area contributed by atoms with Gasteiger partial charge in [-0.1, -0.05) is 40.9 Å². The highest BCUT2D eigenvalue weighted by Gasteiger charge is 2.39. The molecule has 10 heteroatoms. The quantitative estimate of drug-likeness (QED) is 0.350. The highest BCUT2D eigenvalue weighted by molar-refractivity contribution is 6.53. The molecule has 0 saturated carbocycles. The second kappa shape index (κ2) is 10.5. The summed E-state index contributed by atoms with van der Waals surface area (Å²) in [7, 11) is 0. The first-order valence-corrected chi connectivity index (χ1v) is 12.7. The van der Waals surface area contributed by atoms with Gasteiger partial charge in [0.25, 0.3) is 17.7 Å². The predicted molar refractivity (Wildman–Crippen MR) is 148 cm³/mol. The van der Waals surface area contributed by atoms with E-state index >= 15 is 0 Å². The lowest BCUT2D eigenvalue weighted by Crippen LogP contribution is -2.32. The molecule has 37 heavy (non-hydrogen) atoms. The number of hydrogen-bond donors (Lipinski definition) is 2. The molecule has 0 radical (unpaired) electrons. The van der Waals surface area contributed by atoms with E-state index in [-0.39, 0.29) is 32.4 Å². The van der Waals surface area contributed by atoms with Crippen LogP contribution < -0.4 is 20.4 Å². The van der Waals surface area contributed by atoms with Gasteiger partial charge < -0.3 is 15.5 Å². The zero-order valence-corrected chi connectivity index (χ0v) is 21.7. The number of hydrogen-bond acceptors (Lipinski definition) is 5. The summed E-state index contributed by atoms with van der Waals surface area (Å²) in [5.74, 6) is -1.69. The number of amides is 3. The summed E-state index contributed by atoms with van der Waals surface area (Å²) in [4.78, 5) is 41.9. The van der Waals surface area contributed by atoms with Crippen molar-refractivity contribution in [1.29, 1.82) is 0 Å². The maximum atomic E-state index is 13.1. The number of carbonyl (C=O) groups is 3. The van der Waals surface area contributed by atoms with E-state index in [0.29, 0.717) is 16.9 Å². The minimum absolute atomic E-state index is 0.113. The van der Waals surface area contributed by atoms with Crippen LogP contribution in [0.3, 0.4) is 0 Å². The lowest BCUT2D eigenvalue weighted by atomic mass is 10.1. The minimum atomic E-state index is -0.709. The Labute approximate surface area is 228 Å². The first-order chi connectivity index (χ1) is 17.8. The topological polar surface area (TPSA) is 81.8 Å². The average molecular weight is 556 g/mol. The van der Waals surface area contributed by atoms with Gasteiger partial charge in [-0.05, 0) is 73.5 Å². The van der Waals surface area contributed by atoms with Crippen LogP contribution in [0.5, 0.6) is 0 Å². The Hall–Kier alpha value is -3.52. The molecule has 0 aromatic heterocycles. The Bertz CT molecular complexity index is 1410. The Morgan fingerprint density at radius 3 is 2.11 bits per heavy atom. The predicted octanol–water partition coefficient (Wildman–Crippen LogP) is 6.28. The van der Waals surface area contributed by atoms with Gasteiger partial charge in [0, 0.05) is 45.8 Å². The second-order valence-electron chi connectivity index (χ2n) is 8.66. The zero-order valence-electron chi connectivity index (χ0n) is 19.4. The number of rotatable bonds is 6. The van der Waals surface area contributed by atoms with E-state index < -0.39 is 11.8 Å². The molecule has 1 fully saturated rings. The lowest BCUT2D eigenvalue weighted by Gasteiger charge is -2.18. The fourth-order valence-corrected chi connectivity index (χ4v) is 5.06. The summed E-state index contributed by atoms with van der Waals surface area (Å²) in [6.07, 6.45) is 2.38. The van der Waals surface area contributed by atoms with Gasteiger partial charge in [0.2, 0.25) is 0 Å². The summed E-state index contributed by atoms with van der Waals surface area (Å²) in [6, 6.07) is 18.7. The Morgan fingerprint density at radius 1 is 0.757 bits per heavy atom. The van der Waals surface area contributed by atoms with Gasteiger partial charge in [-0.25, -0.2) is 4.90 Å². The van der Waals surface area contributed by atoms with E-state index in [1.165, 1.54) is 31.0 Å². The number of carbonyl (C=O) groups excluding carboxylic acids is 3. The highest BCUT2D eigenvalue weighted by atomic mass is 35.5. The van der Waals surface area contributed by atoms with Crippen LogP contribution in [-0.2, 0) is 9.59 Å². The molecule has 2 N–H and O–H groups in total. The van der Waals surface area contributed by atoms with Crippen LogP contribution in [0.1, 0.15) is 23.2 Å². The van der Waals surface area contributed by atoms with Crippen LogP contribution in [0.15, 0.2) is 77.5 Å². The van der Waals surface area contributed by atoms with E-state index in [1.807, 2.05) is 24.3 Å². The molecule has 0 bridgehead atoms. The molecule has 5 rings (SSSR count). The SMILES string of the molecule is O=C(Nc1ccc(N2CCCC2)cc1)c1cccc(NC2=C(Cl)C(=O)N(c3cc(Cl)cc(Cl)c3)C2=O)c1. The van der Waals surface area contributed by atoms with Gasteiger partial charge in [-0.15, -0.1) is 0 Å². The van der Waals surface area contributed by atoms with E-state index in [2.05, 4.69) is 15.5 Å². The van der Waals surface area contributed by atoms with E-state index in [1.54, 1.807) is 24.3 Å². The van der Waals surface area contributed by atoms with Crippen LogP contribution in [-0.4, -0.2) is 30.8 Å². The highest BCUT2D eigenvalue weighted by Crippen LogP contribution is 2.33. The largest absolute Gasteiger partial charge is 0.372 e. The van der Waals surface area contributed by atoms with Gasteiger partial charge in [0.1, 0.15) is 10.7 Å². The molecule has 3 amide bonds. The van der Waals surface area contributed by atoms with Crippen molar-refractivity contribution in [2.75, 3.05) is 33.5 Å². The number of nitrogens with one attached hydrogen (secondary N) is 2. The van der Waals surface area contributed by atoms with Crippen molar-refractivity contribution < 1.29 is 14.4 Å². The number of nitrogens with zero attached hydrogens (tertiary/aromatic N) is 2. The number of imide groups is 1. The van der Waals surface area contributed by atoms with Crippen LogP contribution in [0.2, 0.25) is 10.0 Å². The molecule has 0 unspecified atom stereocenters. The molecule has 2 aliphatic heterocycles. The van der Waals surface area contributed by atoms with Crippen LogP contribution >= 0.6 is 34.8 Å². The Morgan fingerprint density at radius 2 is 1.43 bits per heavy atom.